The van der Waals surface area contributed by atoms with Gasteiger partial charge in [-0.1, -0.05) is 46.7 Å². The Morgan fingerprint density at radius 1 is 0.480 bits per heavy atom. The van der Waals surface area contributed by atoms with Crippen molar-refractivity contribution in [2.45, 2.75) is 236 Å². The van der Waals surface area contributed by atoms with Crippen LogP contribution in [0.1, 0.15) is 184 Å². The van der Waals surface area contributed by atoms with Gasteiger partial charge in [0.05, 0.1) is 16.8 Å². The maximum Gasteiger partial charge on any atom is 0.344 e. The van der Waals surface area contributed by atoms with Gasteiger partial charge in [0.1, 0.15) is 41.2 Å². The summed E-state index contributed by atoms with van der Waals surface area (Å²) >= 11 is 0. The van der Waals surface area contributed by atoms with Gasteiger partial charge >= 0.3 is 59.7 Å². The lowest BCUT2D eigenvalue weighted by Crippen LogP contribution is -2.62. The fraction of sp³-hybridized carbons (Fsp3) is 0.740. The Morgan fingerprint density at radius 2 is 0.892 bits per heavy atom. The summed E-state index contributed by atoms with van der Waals surface area (Å²) in [4.78, 5) is 116. The smallest absolute Gasteiger partial charge is 0.344 e. The first-order chi connectivity index (χ1) is 47.9. The lowest BCUT2D eigenvalue weighted by molar-refractivity contribution is -0.221. The molecule has 2 saturated heterocycles. The number of carbonyl (C=O) groups is 10. The van der Waals surface area contributed by atoms with Crippen molar-refractivity contribution in [1.82, 2.24) is 0 Å². The number of hydrogen-bond donors (Lipinski definition) is 1. The van der Waals surface area contributed by atoms with Crippen molar-refractivity contribution in [3.05, 3.63) is 60.8 Å². The fourth-order valence-corrected chi connectivity index (χ4v) is 23.8. The summed E-state index contributed by atoms with van der Waals surface area (Å²) in [5.74, 6) is 1.92. The van der Waals surface area contributed by atoms with Gasteiger partial charge in [0.15, 0.2) is 26.4 Å². The Kier molecular flexibility index (Phi) is 22.2. The van der Waals surface area contributed by atoms with Crippen molar-refractivity contribution in [3.8, 4) is 0 Å². The normalized spacial score (nSPS) is 39.6. The molecule has 0 aromatic carbocycles. The predicted molar refractivity (Wildman–Crippen MR) is 362 cm³/mol. The summed E-state index contributed by atoms with van der Waals surface area (Å²) in [5, 5.41) is 10.1. The zero-order valence-corrected chi connectivity index (χ0v) is 61.2. The van der Waals surface area contributed by atoms with Crippen LogP contribution >= 0.6 is 0 Å². The predicted octanol–water partition coefficient (Wildman–Crippen LogP) is 9.31. The molecule has 0 aromatic rings. The SMILES string of the molecule is C=C(C)C(=O)OC1(C(C)C)C2CC3CC(C2)CC1C3.C=C(C)C(=O)OC12CC3CC(CC(O)(C3)C1)C2.C=C(C)C(=O)OCC(=O)OC1C2CC3C(=O)OC1C3C2.C=C(C)C(=O)OCC(=O)OC1C2CC3C1OS(=O)(=O)C3C2.C=C(C)C(=O)OCC(=O)OCC(=O)OC1(C)C2CC3CC(C2)CC1C3. The van der Waals surface area contributed by atoms with Crippen LogP contribution in [-0.2, 0) is 110 Å². The molecule has 562 valence electrons. The Bertz CT molecular complexity index is 3470. The summed E-state index contributed by atoms with van der Waals surface area (Å²) in [6.07, 6.45) is 18.8. The molecule has 16 aliphatic carbocycles. The van der Waals surface area contributed by atoms with Crippen molar-refractivity contribution in [3.63, 3.8) is 0 Å². The van der Waals surface area contributed by atoms with Crippen LogP contribution in [0.15, 0.2) is 60.8 Å². The maximum absolute atomic E-state index is 12.2. The van der Waals surface area contributed by atoms with E-state index in [0.717, 1.165) is 87.9 Å². The third-order valence-electron chi connectivity index (χ3n) is 25.4. The van der Waals surface area contributed by atoms with E-state index in [4.69, 9.17) is 46.8 Å². The number of rotatable bonds is 19. The summed E-state index contributed by atoms with van der Waals surface area (Å²) < 4.78 is 81.0. The van der Waals surface area contributed by atoms with Gasteiger partial charge in [-0.2, -0.15) is 8.42 Å². The van der Waals surface area contributed by atoms with Gasteiger partial charge in [-0.15, -0.1) is 0 Å². The topological polar surface area (TPSA) is 327 Å². The van der Waals surface area contributed by atoms with E-state index >= 15 is 0 Å². The molecule has 18 aliphatic rings. The van der Waals surface area contributed by atoms with Crippen molar-refractivity contribution in [1.29, 1.82) is 0 Å². The lowest BCUT2D eigenvalue weighted by Gasteiger charge is -2.61. The number of aliphatic hydroxyl groups is 1. The Balaban J connectivity index is 0.000000129. The van der Waals surface area contributed by atoms with Crippen LogP contribution in [0.5, 0.6) is 0 Å². The molecule has 24 nitrogen and oxygen atoms in total. The molecule has 0 radical (unpaired) electrons. The number of hydrogen-bond acceptors (Lipinski definition) is 24. The molecule has 25 heteroatoms. The molecule has 12 unspecified atom stereocenters. The molecule has 12 atom stereocenters. The first-order valence-electron chi connectivity index (χ1n) is 36.7. The van der Waals surface area contributed by atoms with Crippen LogP contribution in [0.4, 0.5) is 0 Å². The van der Waals surface area contributed by atoms with E-state index in [2.05, 4.69) is 51.5 Å². The highest BCUT2D eigenvalue weighted by Gasteiger charge is 2.67. The zero-order chi connectivity index (χ0) is 74.0. The molecule has 16 saturated carbocycles. The highest BCUT2D eigenvalue weighted by molar-refractivity contribution is 7.87. The standard InChI is InChI=1S/C19H26O6.C17H26O2.C14H16O6.C14H20O3.C13H16O7S/c1-11(2)18(22)24-9-16(20)23-10-17(21)25-19(3)14-5-12-4-13(7-14)8-15(19)6-12;1-10(2)16(18)19-17(11(3)4)14-6-12-5-13(8-14)9-15(17)7-12;1-6(2)13(16)18-5-10(15)19-11-7-3-8-9(4-7)14(17)20-12(8)11;1-9(2)12(15)17-14-6-10-3-11(7-14)5-13(16,4-10)8-14;1-6(2)13(15)18-5-10(14)19-11-7-3-8-9(4-7)21(16,17)20-12(8)11/h12-15H,1,4-10H2,2-3H3;11-15H,1,5-9H2,2-4H3;7-9,11-12H,1,3-5H2,2H3;10-11,16H,1,3-8H2,2H3;7-9,11-12H,1,3-5H2,2H3. The Hall–Kier alpha value is -6.73. The molecule has 0 aromatic heterocycles. The van der Waals surface area contributed by atoms with Crippen molar-refractivity contribution >= 4 is 69.8 Å². The second kappa shape index (κ2) is 29.7. The minimum atomic E-state index is -3.53. The largest absolute Gasteiger partial charge is 0.458 e. The van der Waals surface area contributed by atoms with Crippen molar-refractivity contribution in [2.75, 3.05) is 26.4 Å². The fourth-order valence-electron chi connectivity index (χ4n) is 21.9. The lowest BCUT2D eigenvalue weighted by atomic mass is 9.47. The van der Waals surface area contributed by atoms with E-state index in [9.17, 15) is 61.5 Å². The molecule has 2 heterocycles. The van der Waals surface area contributed by atoms with Gasteiger partial charge in [-0.25, -0.2) is 43.2 Å². The van der Waals surface area contributed by atoms with Crippen molar-refractivity contribution in [2.24, 2.45) is 94.7 Å². The van der Waals surface area contributed by atoms with E-state index in [1.165, 1.54) is 65.7 Å². The first kappa shape index (κ1) is 76.4. The third-order valence-corrected chi connectivity index (χ3v) is 27.2. The van der Waals surface area contributed by atoms with Crippen LogP contribution in [0.2, 0.25) is 0 Å². The summed E-state index contributed by atoms with van der Waals surface area (Å²) in [7, 11) is -3.53. The minimum Gasteiger partial charge on any atom is -0.458 e. The molecule has 18 rings (SSSR count). The molecular formula is C77H104O24S. The molecule has 1 N–H and O–H groups in total. The molecule has 16 bridgehead atoms. The number of ether oxygens (including phenoxy) is 10. The second-order valence-electron chi connectivity index (χ2n) is 33.5. The Morgan fingerprint density at radius 3 is 1.35 bits per heavy atom. The van der Waals surface area contributed by atoms with E-state index < -0.39 is 119 Å². The number of esters is 10. The highest BCUT2D eigenvalue weighted by Crippen LogP contribution is 2.64. The van der Waals surface area contributed by atoms with Gasteiger partial charge < -0.3 is 52.5 Å². The monoisotopic (exact) mass is 1440 g/mol. The van der Waals surface area contributed by atoms with Gasteiger partial charge in [0.25, 0.3) is 10.1 Å². The second-order valence-corrected chi connectivity index (χ2v) is 35.3. The first-order valence-corrected chi connectivity index (χ1v) is 38.2. The quantitative estimate of drug-likeness (QED) is 0.0544. The van der Waals surface area contributed by atoms with E-state index in [0.29, 0.717) is 71.8 Å². The van der Waals surface area contributed by atoms with Gasteiger partial charge in [0, 0.05) is 58.0 Å². The molecule has 102 heavy (non-hydrogen) atoms. The van der Waals surface area contributed by atoms with Crippen LogP contribution < -0.4 is 0 Å². The van der Waals surface area contributed by atoms with Gasteiger partial charge in [-0.05, 0) is 229 Å². The third kappa shape index (κ3) is 15.9. The van der Waals surface area contributed by atoms with Crippen LogP contribution in [0.3, 0.4) is 0 Å². The minimum absolute atomic E-state index is 0.00284. The number of carbonyl (C=O) groups excluding carboxylic acids is 10. The zero-order valence-electron chi connectivity index (χ0n) is 60.4. The van der Waals surface area contributed by atoms with Crippen molar-refractivity contribution < 1.29 is 113 Å². The molecular weight excluding hydrogens is 1340 g/mol. The molecule has 0 spiro atoms. The Labute approximate surface area is 597 Å². The highest BCUT2D eigenvalue weighted by atomic mass is 32.2. The maximum atomic E-state index is 12.2. The van der Waals surface area contributed by atoms with Gasteiger partial charge in [-0.3, -0.25) is 8.98 Å². The molecule has 18 fully saturated rings. The summed E-state index contributed by atoms with van der Waals surface area (Å²) in [6, 6.07) is 0. The van der Waals surface area contributed by atoms with E-state index in [-0.39, 0.29) is 75.9 Å². The average molecular weight is 1450 g/mol. The van der Waals surface area contributed by atoms with Crippen LogP contribution in [0.25, 0.3) is 0 Å². The molecule has 0 amide bonds. The van der Waals surface area contributed by atoms with Crippen LogP contribution in [0, 0.1) is 94.7 Å². The van der Waals surface area contributed by atoms with Crippen LogP contribution in [-0.4, -0.2) is 152 Å². The summed E-state index contributed by atoms with van der Waals surface area (Å²) in [5.41, 5.74) is -0.00849. The van der Waals surface area contributed by atoms with Gasteiger partial charge in [0.2, 0.25) is 0 Å². The summed E-state index contributed by atoms with van der Waals surface area (Å²) in [6.45, 7) is 30.1. The molecule has 2 aliphatic heterocycles. The van der Waals surface area contributed by atoms with E-state index in [1.807, 2.05) is 6.92 Å². The average Bonchev–Trinajstić information content (AvgIpc) is 0.928. The van der Waals surface area contributed by atoms with E-state index in [1.54, 1.807) is 13.8 Å². The number of fused-ring (bicyclic) bond motifs is 2.